The molecule has 1 aromatic rings. The molecule has 1 unspecified atom stereocenters. The first-order valence-electron chi connectivity index (χ1n) is 4.94. The Morgan fingerprint density at radius 3 is 2.44 bits per heavy atom. The second-order valence-electron chi connectivity index (χ2n) is 4.45. The van der Waals surface area contributed by atoms with Gasteiger partial charge in [0, 0.05) is 10.4 Å². The molecule has 0 bridgehead atoms. The fraction of sp³-hybridized carbons (Fsp3) is 0.417. The van der Waals surface area contributed by atoms with Gasteiger partial charge in [0.15, 0.2) is 6.10 Å². The van der Waals surface area contributed by atoms with Gasteiger partial charge in [0.2, 0.25) is 0 Å². The molecular weight excluding hydrogens is 228 g/mol. The van der Waals surface area contributed by atoms with Crippen molar-refractivity contribution < 1.29 is 15.0 Å². The number of aliphatic hydroxyl groups is 1. The molecule has 0 aliphatic heterocycles. The van der Waals surface area contributed by atoms with Gasteiger partial charge in [-0.3, -0.25) is 0 Å². The molecule has 3 nitrogen and oxygen atoms in total. The Bertz CT molecular complexity index is 413. The highest BCUT2D eigenvalue weighted by atomic mass is 35.5. The number of hydrogen-bond acceptors (Lipinski definition) is 2. The second kappa shape index (κ2) is 4.44. The van der Waals surface area contributed by atoms with Crippen molar-refractivity contribution in [2.45, 2.75) is 32.3 Å². The Morgan fingerprint density at radius 2 is 2.00 bits per heavy atom. The molecule has 1 rings (SSSR count). The lowest BCUT2D eigenvalue weighted by molar-refractivity contribution is -0.150. The van der Waals surface area contributed by atoms with Gasteiger partial charge in [-0.05, 0) is 24.1 Å². The first-order chi connectivity index (χ1) is 7.26. The Kier molecular flexibility index (Phi) is 3.61. The van der Waals surface area contributed by atoms with Crippen LogP contribution in [0.5, 0.6) is 0 Å². The van der Waals surface area contributed by atoms with E-state index >= 15 is 0 Å². The largest absolute Gasteiger partial charge is 0.479 e. The highest BCUT2D eigenvalue weighted by Gasteiger charge is 2.36. The van der Waals surface area contributed by atoms with Crippen LogP contribution in [0.25, 0.3) is 0 Å². The van der Waals surface area contributed by atoms with Crippen LogP contribution in [0.4, 0.5) is 0 Å². The van der Waals surface area contributed by atoms with Crippen LogP contribution < -0.4 is 0 Å². The second-order valence-corrected chi connectivity index (χ2v) is 4.85. The minimum absolute atomic E-state index is 0.477. The lowest BCUT2D eigenvalue weighted by atomic mass is 9.79. The fourth-order valence-electron chi connectivity index (χ4n) is 1.60. The molecule has 88 valence electrons. The molecule has 0 aliphatic carbocycles. The molecule has 0 spiro atoms. The van der Waals surface area contributed by atoms with Gasteiger partial charge in [-0.2, -0.15) is 0 Å². The van der Waals surface area contributed by atoms with Crippen LogP contribution in [0.2, 0.25) is 5.02 Å². The molecular formula is C12H15ClO3. The average Bonchev–Trinajstić information content (AvgIpc) is 2.15. The van der Waals surface area contributed by atoms with Gasteiger partial charge in [0.05, 0.1) is 0 Å². The monoisotopic (exact) mass is 242 g/mol. The maximum Gasteiger partial charge on any atom is 0.333 e. The number of carbonyl (C=O) groups is 1. The Labute approximate surface area is 99.7 Å². The topological polar surface area (TPSA) is 57.5 Å². The molecule has 0 heterocycles. The molecule has 4 heteroatoms. The summed E-state index contributed by atoms with van der Waals surface area (Å²) in [5.41, 5.74) is 0.709. The van der Waals surface area contributed by atoms with Crippen molar-refractivity contribution in [1.82, 2.24) is 0 Å². The van der Waals surface area contributed by atoms with Gasteiger partial charge in [-0.15, -0.1) is 0 Å². The van der Waals surface area contributed by atoms with E-state index in [0.717, 1.165) is 5.56 Å². The summed E-state index contributed by atoms with van der Waals surface area (Å²) in [6, 6.07) is 5.36. The van der Waals surface area contributed by atoms with Crippen molar-refractivity contribution >= 4 is 17.6 Å². The van der Waals surface area contributed by atoms with Crippen molar-refractivity contribution in [3.8, 4) is 0 Å². The van der Waals surface area contributed by atoms with E-state index in [1.165, 1.54) is 0 Å². The Hall–Kier alpha value is -1.06. The van der Waals surface area contributed by atoms with Crippen LogP contribution in [0.1, 0.15) is 25.0 Å². The van der Waals surface area contributed by atoms with E-state index in [4.69, 9.17) is 16.7 Å². The van der Waals surface area contributed by atoms with Crippen LogP contribution in [0.15, 0.2) is 18.2 Å². The van der Waals surface area contributed by atoms with Gasteiger partial charge in [0.25, 0.3) is 0 Å². The molecule has 1 atom stereocenters. The third-order valence-electron chi connectivity index (χ3n) is 2.74. The summed E-state index contributed by atoms with van der Waals surface area (Å²) in [5, 5.41) is 19.0. The van der Waals surface area contributed by atoms with E-state index in [-0.39, 0.29) is 0 Å². The van der Waals surface area contributed by atoms with Crippen LogP contribution in [0, 0.1) is 6.92 Å². The number of aliphatic carboxylic acids is 1. The summed E-state index contributed by atoms with van der Waals surface area (Å²) in [5.74, 6) is -1.25. The van der Waals surface area contributed by atoms with E-state index in [2.05, 4.69) is 0 Å². The van der Waals surface area contributed by atoms with Gasteiger partial charge in [-0.1, -0.05) is 37.6 Å². The first-order valence-corrected chi connectivity index (χ1v) is 5.32. The summed E-state index contributed by atoms with van der Waals surface area (Å²) in [6.07, 6.45) is -1.48. The summed E-state index contributed by atoms with van der Waals surface area (Å²) in [4.78, 5) is 10.8. The van der Waals surface area contributed by atoms with Gasteiger partial charge in [0.1, 0.15) is 0 Å². The van der Waals surface area contributed by atoms with Crippen LogP contribution in [0.3, 0.4) is 0 Å². The third-order valence-corrected chi connectivity index (χ3v) is 3.05. The smallest absolute Gasteiger partial charge is 0.333 e. The maximum atomic E-state index is 10.8. The normalized spacial score (nSPS) is 13.6. The van der Waals surface area contributed by atoms with Crippen molar-refractivity contribution in [3.63, 3.8) is 0 Å². The molecule has 2 N–H and O–H groups in total. The molecule has 0 aromatic heterocycles. The SMILES string of the molecule is Cc1ccc(C(C)(C)C(O)C(=O)O)c(Cl)c1. The molecule has 0 radical (unpaired) electrons. The van der Waals surface area contributed by atoms with E-state index in [0.29, 0.717) is 10.6 Å². The number of aryl methyl sites for hydroxylation is 1. The number of hydrogen-bond donors (Lipinski definition) is 2. The van der Waals surface area contributed by atoms with E-state index in [9.17, 15) is 9.90 Å². The number of carboxylic acids is 1. The number of aliphatic hydroxyl groups excluding tert-OH is 1. The van der Waals surface area contributed by atoms with E-state index in [1.807, 2.05) is 13.0 Å². The zero-order chi connectivity index (χ0) is 12.5. The Morgan fingerprint density at radius 1 is 1.44 bits per heavy atom. The van der Waals surface area contributed by atoms with Gasteiger partial charge >= 0.3 is 5.97 Å². The molecule has 1 aromatic carbocycles. The van der Waals surface area contributed by atoms with Crippen LogP contribution in [-0.4, -0.2) is 22.3 Å². The third kappa shape index (κ3) is 2.36. The van der Waals surface area contributed by atoms with Crippen molar-refractivity contribution in [2.24, 2.45) is 0 Å². The first kappa shape index (κ1) is 13.0. The number of halogens is 1. The van der Waals surface area contributed by atoms with Crippen LogP contribution >= 0.6 is 11.6 Å². The minimum Gasteiger partial charge on any atom is -0.479 e. The minimum atomic E-state index is -1.48. The van der Waals surface area contributed by atoms with Crippen molar-refractivity contribution in [3.05, 3.63) is 34.3 Å². The van der Waals surface area contributed by atoms with E-state index < -0.39 is 17.5 Å². The van der Waals surface area contributed by atoms with Gasteiger partial charge in [-0.25, -0.2) is 4.79 Å². The summed E-state index contributed by atoms with van der Waals surface area (Å²) < 4.78 is 0. The fourth-order valence-corrected chi connectivity index (χ4v) is 2.08. The maximum absolute atomic E-state index is 10.8. The molecule has 16 heavy (non-hydrogen) atoms. The average molecular weight is 243 g/mol. The number of carboxylic acid groups (broad SMARTS) is 1. The lowest BCUT2D eigenvalue weighted by Gasteiger charge is -2.29. The predicted octanol–water partition coefficient (Wildman–Crippen LogP) is 2.37. The molecule has 0 saturated carbocycles. The van der Waals surface area contributed by atoms with Crippen LogP contribution in [-0.2, 0) is 10.2 Å². The highest BCUT2D eigenvalue weighted by molar-refractivity contribution is 6.31. The quantitative estimate of drug-likeness (QED) is 0.856. The molecule has 0 aliphatic rings. The predicted molar refractivity (Wildman–Crippen MR) is 62.9 cm³/mol. The molecule has 0 fully saturated rings. The molecule has 0 amide bonds. The zero-order valence-corrected chi connectivity index (χ0v) is 10.2. The summed E-state index contributed by atoms with van der Waals surface area (Å²) in [6.45, 7) is 5.21. The standard InChI is InChI=1S/C12H15ClO3/c1-7-4-5-8(9(13)6-7)12(2,3)10(14)11(15)16/h4-6,10,14H,1-3H3,(H,15,16). The highest BCUT2D eigenvalue weighted by Crippen LogP contribution is 2.33. The van der Waals surface area contributed by atoms with Gasteiger partial charge < -0.3 is 10.2 Å². The van der Waals surface area contributed by atoms with E-state index in [1.54, 1.807) is 26.0 Å². The zero-order valence-electron chi connectivity index (χ0n) is 9.49. The molecule has 0 saturated heterocycles. The summed E-state index contributed by atoms with van der Waals surface area (Å²) >= 11 is 6.06. The number of benzene rings is 1. The number of rotatable bonds is 3. The van der Waals surface area contributed by atoms with Crippen molar-refractivity contribution in [2.75, 3.05) is 0 Å². The lowest BCUT2D eigenvalue weighted by Crippen LogP contribution is -2.40. The summed E-state index contributed by atoms with van der Waals surface area (Å²) in [7, 11) is 0. The Balaban J connectivity index is 3.21. The van der Waals surface area contributed by atoms with Crippen molar-refractivity contribution in [1.29, 1.82) is 0 Å².